The Hall–Kier alpha value is -1.42. The van der Waals surface area contributed by atoms with E-state index in [0.29, 0.717) is 17.5 Å². The standard InChI is InChI=1S/C13H16FNO2/c1-8-5-12(14)9(7-11(8)13(16)17)6-10-3-2-4-15-10/h5,7,10,15H,2-4,6H2,1H3,(H,16,17). The van der Waals surface area contributed by atoms with Crippen LogP contribution in [0.15, 0.2) is 12.1 Å². The smallest absolute Gasteiger partial charge is 0.335 e. The molecule has 3 nitrogen and oxygen atoms in total. The van der Waals surface area contributed by atoms with Gasteiger partial charge >= 0.3 is 5.97 Å². The first-order valence-electron chi connectivity index (χ1n) is 5.83. The lowest BCUT2D eigenvalue weighted by atomic mass is 9.99. The zero-order valence-electron chi connectivity index (χ0n) is 9.79. The fourth-order valence-electron chi connectivity index (χ4n) is 2.30. The molecule has 0 amide bonds. The lowest BCUT2D eigenvalue weighted by Gasteiger charge is -2.12. The summed E-state index contributed by atoms with van der Waals surface area (Å²) in [5.41, 5.74) is 1.16. The van der Waals surface area contributed by atoms with Crippen LogP contribution in [0.1, 0.15) is 34.3 Å². The summed E-state index contributed by atoms with van der Waals surface area (Å²) in [7, 11) is 0. The highest BCUT2D eigenvalue weighted by Crippen LogP contribution is 2.19. The average molecular weight is 237 g/mol. The molecule has 0 aromatic heterocycles. The Bertz CT molecular complexity index is 439. The van der Waals surface area contributed by atoms with Crippen molar-refractivity contribution in [1.29, 1.82) is 0 Å². The number of benzene rings is 1. The predicted molar refractivity (Wildman–Crippen MR) is 62.8 cm³/mol. The molecule has 0 aliphatic carbocycles. The first kappa shape index (κ1) is 12.0. The molecule has 2 rings (SSSR count). The molecule has 1 aromatic rings. The van der Waals surface area contributed by atoms with Crippen LogP contribution in [0.4, 0.5) is 4.39 Å². The van der Waals surface area contributed by atoms with Gasteiger partial charge < -0.3 is 10.4 Å². The summed E-state index contributed by atoms with van der Waals surface area (Å²) in [5, 5.41) is 12.3. The van der Waals surface area contributed by atoms with Crippen molar-refractivity contribution in [1.82, 2.24) is 5.32 Å². The van der Waals surface area contributed by atoms with E-state index in [2.05, 4.69) is 5.32 Å². The van der Waals surface area contributed by atoms with E-state index in [1.54, 1.807) is 6.92 Å². The Morgan fingerprint density at radius 1 is 1.59 bits per heavy atom. The maximum atomic E-state index is 13.7. The molecule has 1 atom stereocenters. The fraction of sp³-hybridized carbons (Fsp3) is 0.462. The molecule has 4 heteroatoms. The van der Waals surface area contributed by atoms with E-state index in [1.807, 2.05) is 0 Å². The van der Waals surface area contributed by atoms with Crippen LogP contribution < -0.4 is 5.32 Å². The molecule has 0 saturated carbocycles. The number of aryl methyl sites for hydroxylation is 1. The molecular weight excluding hydrogens is 221 g/mol. The second kappa shape index (κ2) is 4.84. The van der Waals surface area contributed by atoms with E-state index in [-0.39, 0.29) is 17.4 Å². The van der Waals surface area contributed by atoms with Gasteiger partial charge in [0.2, 0.25) is 0 Å². The van der Waals surface area contributed by atoms with Crippen molar-refractivity contribution >= 4 is 5.97 Å². The van der Waals surface area contributed by atoms with Gasteiger partial charge in [0.1, 0.15) is 5.82 Å². The van der Waals surface area contributed by atoms with Gasteiger partial charge in [-0.1, -0.05) is 0 Å². The molecule has 1 aliphatic rings. The van der Waals surface area contributed by atoms with Gasteiger partial charge in [-0.3, -0.25) is 0 Å². The third-order valence-electron chi connectivity index (χ3n) is 3.25. The molecule has 1 heterocycles. The average Bonchev–Trinajstić information content (AvgIpc) is 2.74. The van der Waals surface area contributed by atoms with E-state index in [0.717, 1.165) is 19.4 Å². The minimum Gasteiger partial charge on any atom is -0.478 e. The Labute approximate surface area is 99.7 Å². The number of hydrogen-bond acceptors (Lipinski definition) is 2. The minimum absolute atomic E-state index is 0.194. The molecule has 0 radical (unpaired) electrons. The summed E-state index contributed by atoms with van der Waals surface area (Å²) in [6.07, 6.45) is 2.69. The molecule has 1 saturated heterocycles. The molecule has 1 fully saturated rings. The number of halogens is 1. The SMILES string of the molecule is Cc1cc(F)c(CC2CCCN2)cc1C(=O)O. The van der Waals surface area contributed by atoms with E-state index in [1.165, 1.54) is 12.1 Å². The van der Waals surface area contributed by atoms with Crippen LogP contribution in [0.25, 0.3) is 0 Å². The third-order valence-corrected chi connectivity index (χ3v) is 3.25. The van der Waals surface area contributed by atoms with Crippen LogP contribution in [0.3, 0.4) is 0 Å². The Morgan fingerprint density at radius 2 is 2.35 bits per heavy atom. The molecule has 92 valence electrons. The fourth-order valence-corrected chi connectivity index (χ4v) is 2.30. The third kappa shape index (κ3) is 2.64. The van der Waals surface area contributed by atoms with Gasteiger partial charge in [-0.2, -0.15) is 0 Å². The van der Waals surface area contributed by atoms with Crippen LogP contribution in [-0.2, 0) is 6.42 Å². The number of hydrogen-bond donors (Lipinski definition) is 2. The van der Waals surface area contributed by atoms with Crippen LogP contribution in [0, 0.1) is 12.7 Å². The highest BCUT2D eigenvalue weighted by atomic mass is 19.1. The van der Waals surface area contributed by atoms with Crippen molar-refractivity contribution in [3.05, 3.63) is 34.6 Å². The van der Waals surface area contributed by atoms with Crippen molar-refractivity contribution in [2.45, 2.75) is 32.2 Å². The van der Waals surface area contributed by atoms with Crippen molar-refractivity contribution in [2.75, 3.05) is 6.54 Å². The summed E-state index contributed by atoms with van der Waals surface area (Å²) in [6.45, 7) is 2.58. The summed E-state index contributed by atoms with van der Waals surface area (Å²) < 4.78 is 13.7. The second-order valence-electron chi connectivity index (χ2n) is 4.56. The molecule has 1 unspecified atom stereocenters. The molecule has 0 spiro atoms. The minimum atomic E-state index is -0.997. The second-order valence-corrected chi connectivity index (χ2v) is 4.56. The number of carboxylic acid groups (broad SMARTS) is 1. The van der Waals surface area contributed by atoms with E-state index in [4.69, 9.17) is 5.11 Å². The number of carboxylic acids is 1. The highest BCUT2D eigenvalue weighted by molar-refractivity contribution is 5.89. The lowest BCUT2D eigenvalue weighted by Crippen LogP contribution is -2.24. The zero-order valence-corrected chi connectivity index (χ0v) is 9.79. The van der Waals surface area contributed by atoms with Crippen LogP contribution >= 0.6 is 0 Å². The zero-order chi connectivity index (χ0) is 12.4. The first-order chi connectivity index (χ1) is 8.08. The molecule has 17 heavy (non-hydrogen) atoms. The van der Waals surface area contributed by atoms with Crippen LogP contribution in [-0.4, -0.2) is 23.7 Å². The number of aromatic carboxylic acids is 1. The van der Waals surface area contributed by atoms with Gasteiger partial charge in [0.25, 0.3) is 0 Å². The van der Waals surface area contributed by atoms with Crippen molar-refractivity contribution in [3.8, 4) is 0 Å². The predicted octanol–water partition coefficient (Wildman–Crippen LogP) is 2.13. The van der Waals surface area contributed by atoms with Gasteiger partial charge in [-0.25, -0.2) is 9.18 Å². The van der Waals surface area contributed by atoms with Crippen LogP contribution in [0.2, 0.25) is 0 Å². The van der Waals surface area contributed by atoms with E-state index >= 15 is 0 Å². The summed E-state index contributed by atoms with van der Waals surface area (Å²) >= 11 is 0. The van der Waals surface area contributed by atoms with Crippen LogP contribution in [0.5, 0.6) is 0 Å². The summed E-state index contributed by atoms with van der Waals surface area (Å²) in [5.74, 6) is -1.30. The maximum absolute atomic E-state index is 13.7. The van der Waals surface area contributed by atoms with E-state index < -0.39 is 5.97 Å². The monoisotopic (exact) mass is 237 g/mol. The lowest BCUT2D eigenvalue weighted by molar-refractivity contribution is 0.0696. The van der Waals surface area contributed by atoms with Crippen molar-refractivity contribution < 1.29 is 14.3 Å². The summed E-state index contributed by atoms with van der Waals surface area (Å²) in [4.78, 5) is 11.0. The highest BCUT2D eigenvalue weighted by Gasteiger charge is 2.18. The number of nitrogens with one attached hydrogen (secondary N) is 1. The summed E-state index contributed by atoms with van der Waals surface area (Å²) in [6, 6.07) is 3.05. The van der Waals surface area contributed by atoms with Crippen molar-refractivity contribution in [3.63, 3.8) is 0 Å². The molecule has 1 aromatic carbocycles. The van der Waals surface area contributed by atoms with Gasteiger partial charge in [0.15, 0.2) is 0 Å². The molecule has 1 aliphatic heterocycles. The normalized spacial score (nSPS) is 19.5. The Kier molecular flexibility index (Phi) is 3.43. The van der Waals surface area contributed by atoms with Gasteiger partial charge in [0, 0.05) is 6.04 Å². The molecular formula is C13H16FNO2. The molecule has 2 N–H and O–H groups in total. The van der Waals surface area contributed by atoms with Gasteiger partial charge in [-0.15, -0.1) is 0 Å². The van der Waals surface area contributed by atoms with Crippen molar-refractivity contribution in [2.24, 2.45) is 0 Å². The maximum Gasteiger partial charge on any atom is 0.335 e. The quantitative estimate of drug-likeness (QED) is 0.846. The first-order valence-corrected chi connectivity index (χ1v) is 5.83. The van der Waals surface area contributed by atoms with Gasteiger partial charge in [-0.05, 0) is 56.0 Å². The van der Waals surface area contributed by atoms with Gasteiger partial charge in [0.05, 0.1) is 5.56 Å². The number of rotatable bonds is 3. The number of carbonyl (C=O) groups is 1. The topological polar surface area (TPSA) is 49.3 Å². The van der Waals surface area contributed by atoms with E-state index in [9.17, 15) is 9.18 Å². The largest absolute Gasteiger partial charge is 0.478 e. The Morgan fingerprint density at radius 3 is 2.94 bits per heavy atom. The molecule has 0 bridgehead atoms. The Balaban J connectivity index is 2.26.